The highest BCUT2D eigenvalue weighted by atomic mass is 19.1. The van der Waals surface area contributed by atoms with E-state index < -0.39 is 5.41 Å². The molecule has 1 aromatic heterocycles. The smallest absolute Gasteiger partial charge is 0.253 e. The largest absolute Gasteiger partial charge is 0.497 e. The summed E-state index contributed by atoms with van der Waals surface area (Å²) >= 11 is 0. The Morgan fingerprint density at radius 1 is 1.23 bits per heavy atom. The second-order valence-electron chi connectivity index (χ2n) is 7.11. The summed E-state index contributed by atoms with van der Waals surface area (Å²) < 4.78 is 18.8. The Hall–Kier alpha value is -2.82. The van der Waals surface area contributed by atoms with E-state index in [0.29, 0.717) is 17.9 Å². The normalized spacial score (nSPS) is 11.6. The number of aromatic amines is 1. The van der Waals surface area contributed by atoms with E-state index in [1.54, 1.807) is 13.2 Å². The second-order valence-corrected chi connectivity index (χ2v) is 7.11. The van der Waals surface area contributed by atoms with Gasteiger partial charge in [0, 0.05) is 28.6 Å². The van der Waals surface area contributed by atoms with Crippen LogP contribution in [0, 0.1) is 12.7 Å². The van der Waals surface area contributed by atoms with Crippen LogP contribution in [0.2, 0.25) is 0 Å². The van der Waals surface area contributed by atoms with Crippen LogP contribution in [-0.2, 0) is 5.41 Å². The zero-order valence-corrected chi connectivity index (χ0v) is 15.4. The van der Waals surface area contributed by atoms with Crippen molar-refractivity contribution in [1.82, 2.24) is 10.3 Å². The first-order valence-corrected chi connectivity index (χ1v) is 8.52. The Morgan fingerprint density at radius 3 is 2.69 bits per heavy atom. The summed E-state index contributed by atoms with van der Waals surface area (Å²) in [6, 6.07) is 12.1. The van der Waals surface area contributed by atoms with Crippen molar-refractivity contribution in [3.05, 3.63) is 65.1 Å². The van der Waals surface area contributed by atoms with E-state index in [4.69, 9.17) is 4.74 Å². The van der Waals surface area contributed by atoms with Crippen LogP contribution in [-0.4, -0.2) is 24.5 Å². The maximum atomic E-state index is 13.5. The van der Waals surface area contributed by atoms with Gasteiger partial charge in [-0.25, -0.2) is 4.39 Å². The van der Waals surface area contributed by atoms with E-state index in [9.17, 15) is 9.18 Å². The highest BCUT2D eigenvalue weighted by Crippen LogP contribution is 2.27. The standard InChI is InChI=1S/C21H23FN2O2/c1-13-19(17-11-16(26-4)8-9-18(17)24-13)20(25)23-12-21(2,3)14-6-5-7-15(22)10-14/h5-11,24H,12H2,1-4H3,(H,23,25). The first-order chi connectivity index (χ1) is 12.3. The Morgan fingerprint density at radius 2 is 2.00 bits per heavy atom. The number of benzene rings is 2. The molecule has 0 atom stereocenters. The van der Waals surface area contributed by atoms with Crippen LogP contribution in [0.15, 0.2) is 42.5 Å². The minimum Gasteiger partial charge on any atom is -0.497 e. The molecule has 4 nitrogen and oxygen atoms in total. The minimum absolute atomic E-state index is 0.161. The molecule has 136 valence electrons. The highest BCUT2D eigenvalue weighted by molar-refractivity contribution is 6.08. The van der Waals surface area contributed by atoms with Crippen LogP contribution in [0.5, 0.6) is 5.75 Å². The van der Waals surface area contributed by atoms with Crippen LogP contribution >= 0.6 is 0 Å². The van der Waals surface area contributed by atoms with E-state index in [2.05, 4.69) is 10.3 Å². The van der Waals surface area contributed by atoms with Crippen LogP contribution in [0.1, 0.15) is 35.5 Å². The van der Waals surface area contributed by atoms with E-state index in [1.807, 2.05) is 45.0 Å². The zero-order valence-electron chi connectivity index (χ0n) is 15.4. The van der Waals surface area contributed by atoms with Gasteiger partial charge in [0.2, 0.25) is 0 Å². The first kappa shape index (κ1) is 18.0. The van der Waals surface area contributed by atoms with Gasteiger partial charge in [-0.2, -0.15) is 0 Å². The first-order valence-electron chi connectivity index (χ1n) is 8.52. The van der Waals surface area contributed by atoms with Gasteiger partial charge >= 0.3 is 0 Å². The third-order valence-corrected chi connectivity index (χ3v) is 4.72. The quantitative estimate of drug-likeness (QED) is 0.716. The zero-order chi connectivity index (χ0) is 18.9. The topological polar surface area (TPSA) is 54.1 Å². The van der Waals surface area contributed by atoms with Gasteiger partial charge in [0.25, 0.3) is 5.91 Å². The molecule has 0 aliphatic rings. The molecule has 0 saturated carbocycles. The number of aromatic nitrogens is 1. The number of rotatable bonds is 5. The summed E-state index contributed by atoms with van der Waals surface area (Å²) in [5, 5.41) is 3.81. The number of carbonyl (C=O) groups excluding carboxylic acids is 1. The number of fused-ring (bicyclic) bond motifs is 1. The Bertz CT molecular complexity index is 960. The Labute approximate surface area is 152 Å². The van der Waals surface area contributed by atoms with Crippen molar-refractivity contribution in [1.29, 1.82) is 0 Å². The SMILES string of the molecule is COc1ccc2[nH]c(C)c(C(=O)NCC(C)(C)c3cccc(F)c3)c2c1. The van der Waals surface area contributed by atoms with E-state index in [1.165, 1.54) is 12.1 Å². The van der Waals surface area contributed by atoms with Gasteiger partial charge in [0.15, 0.2) is 0 Å². The predicted molar refractivity (Wildman–Crippen MR) is 101 cm³/mol. The van der Waals surface area contributed by atoms with Gasteiger partial charge < -0.3 is 15.0 Å². The Kier molecular flexibility index (Phi) is 4.72. The molecule has 3 aromatic rings. The number of aryl methyl sites for hydroxylation is 1. The van der Waals surface area contributed by atoms with Gasteiger partial charge in [-0.05, 0) is 42.8 Å². The minimum atomic E-state index is -0.393. The molecule has 3 rings (SSSR count). The summed E-state index contributed by atoms with van der Waals surface area (Å²) in [7, 11) is 1.60. The van der Waals surface area contributed by atoms with Crippen molar-refractivity contribution < 1.29 is 13.9 Å². The maximum absolute atomic E-state index is 13.5. The molecular formula is C21H23FN2O2. The molecule has 1 amide bonds. The molecule has 0 fully saturated rings. The van der Waals surface area contributed by atoms with Gasteiger partial charge in [0.1, 0.15) is 11.6 Å². The fourth-order valence-electron chi connectivity index (χ4n) is 3.13. The lowest BCUT2D eigenvalue weighted by Crippen LogP contribution is -2.36. The maximum Gasteiger partial charge on any atom is 0.253 e. The third-order valence-electron chi connectivity index (χ3n) is 4.72. The number of ether oxygens (including phenoxy) is 1. The molecule has 2 N–H and O–H groups in total. The highest BCUT2D eigenvalue weighted by Gasteiger charge is 2.24. The van der Waals surface area contributed by atoms with Crippen LogP contribution in [0.25, 0.3) is 10.9 Å². The average molecular weight is 354 g/mol. The molecule has 26 heavy (non-hydrogen) atoms. The summed E-state index contributed by atoms with van der Waals surface area (Å²) in [4.78, 5) is 16.1. The Balaban J connectivity index is 1.84. The summed E-state index contributed by atoms with van der Waals surface area (Å²) in [6.45, 7) is 6.23. The number of carbonyl (C=O) groups is 1. The number of amides is 1. The van der Waals surface area contributed by atoms with Gasteiger partial charge in [0.05, 0.1) is 12.7 Å². The molecule has 2 aromatic carbocycles. The molecular weight excluding hydrogens is 331 g/mol. The fraction of sp³-hybridized carbons (Fsp3) is 0.286. The molecule has 1 heterocycles. The van der Waals surface area contributed by atoms with Gasteiger partial charge in [-0.15, -0.1) is 0 Å². The number of H-pyrrole nitrogens is 1. The van der Waals surface area contributed by atoms with Crippen molar-refractivity contribution in [2.24, 2.45) is 0 Å². The van der Waals surface area contributed by atoms with E-state index >= 15 is 0 Å². The number of halogens is 1. The van der Waals surface area contributed by atoms with Gasteiger partial charge in [-0.3, -0.25) is 4.79 Å². The lowest BCUT2D eigenvalue weighted by Gasteiger charge is -2.25. The lowest BCUT2D eigenvalue weighted by atomic mass is 9.84. The third kappa shape index (κ3) is 3.43. The van der Waals surface area contributed by atoms with Crippen molar-refractivity contribution in [3.8, 4) is 5.75 Å². The monoisotopic (exact) mass is 354 g/mol. The summed E-state index contributed by atoms with van der Waals surface area (Å²) in [5.74, 6) is 0.263. The number of hydrogen-bond acceptors (Lipinski definition) is 2. The molecule has 0 radical (unpaired) electrons. The van der Waals surface area contributed by atoms with Crippen LogP contribution in [0.3, 0.4) is 0 Å². The van der Waals surface area contributed by atoms with Crippen LogP contribution < -0.4 is 10.1 Å². The predicted octanol–water partition coefficient (Wildman–Crippen LogP) is 4.33. The molecule has 0 aliphatic heterocycles. The number of hydrogen-bond donors (Lipinski definition) is 2. The number of nitrogens with one attached hydrogen (secondary N) is 2. The van der Waals surface area contributed by atoms with Crippen molar-refractivity contribution in [3.63, 3.8) is 0 Å². The van der Waals surface area contributed by atoms with Crippen LogP contribution in [0.4, 0.5) is 4.39 Å². The van der Waals surface area contributed by atoms with E-state index in [0.717, 1.165) is 22.2 Å². The second kappa shape index (κ2) is 6.83. The average Bonchev–Trinajstić information content (AvgIpc) is 2.94. The van der Waals surface area contributed by atoms with Crippen molar-refractivity contribution in [2.45, 2.75) is 26.2 Å². The van der Waals surface area contributed by atoms with Crippen molar-refractivity contribution in [2.75, 3.05) is 13.7 Å². The van der Waals surface area contributed by atoms with Gasteiger partial charge in [-0.1, -0.05) is 26.0 Å². The molecule has 5 heteroatoms. The fourth-order valence-corrected chi connectivity index (χ4v) is 3.13. The van der Waals surface area contributed by atoms with E-state index in [-0.39, 0.29) is 11.7 Å². The van der Waals surface area contributed by atoms with Crippen molar-refractivity contribution >= 4 is 16.8 Å². The molecule has 0 saturated heterocycles. The molecule has 0 unspecified atom stereocenters. The molecule has 0 bridgehead atoms. The molecule has 0 spiro atoms. The summed E-state index contributed by atoms with van der Waals surface area (Å²) in [5.41, 5.74) is 2.74. The summed E-state index contributed by atoms with van der Waals surface area (Å²) in [6.07, 6.45) is 0. The lowest BCUT2D eigenvalue weighted by molar-refractivity contribution is 0.0946. The number of methoxy groups -OCH3 is 1. The molecule has 0 aliphatic carbocycles.